The topological polar surface area (TPSA) is 17.8 Å². The van der Waals surface area contributed by atoms with Gasteiger partial charge in [0.25, 0.3) is 0 Å². The summed E-state index contributed by atoms with van der Waals surface area (Å²) in [5.74, 6) is 0. The van der Waals surface area contributed by atoms with E-state index in [0.29, 0.717) is 11.3 Å². The fourth-order valence-electron chi connectivity index (χ4n) is 2.28. The normalized spacial score (nSPS) is 11.7. The molecule has 0 aliphatic carbocycles. The van der Waals surface area contributed by atoms with Crippen molar-refractivity contribution in [1.29, 1.82) is 0 Å². The zero-order valence-corrected chi connectivity index (χ0v) is 13.0. The summed E-state index contributed by atoms with van der Waals surface area (Å²) in [4.78, 5) is 0.998. The van der Waals surface area contributed by atoms with Crippen LogP contribution in [0.1, 0.15) is 5.69 Å². The van der Waals surface area contributed by atoms with Gasteiger partial charge in [-0.3, -0.25) is 0 Å². The van der Waals surface area contributed by atoms with E-state index < -0.39 is 11.9 Å². The molecule has 0 N–H and O–H groups in total. The van der Waals surface area contributed by atoms with E-state index in [1.807, 2.05) is 6.26 Å². The first-order valence-corrected chi connectivity index (χ1v) is 8.08. The molecular weight excluding hydrogens is 321 g/mol. The first-order chi connectivity index (χ1) is 11.0. The third kappa shape index (κ3) is 3.27. The first-order valence-electron chi connectivity index (χ1n) is 6.86. The van der Waals surface area contributed by atoms with Crippen LogP contribution >= 0.6 is 11.8 Å². The summed E-state index contributed by atoms with van der Waals surface area (Å²) in [7, 11) is 0. The molecule has 2 nitrogen and oxygen atoms in total. The smallest absolute Gasteiger partial charge is 0.240 e. The van der Waals surface area contributed by atoms with Crippen LogP contribution in [0.4, 0.5) is 13.2 Å². The van der Waals surface area contributed by atoms with Gasteiger partial charge in [0.2, 0.25) is 0 Å². The second-order valence-electron chi connectivity index (χ2n) is 4.90. The van der Waals surface area contributed by atoms with Gasteiger partial charge in [-0.25, -0.2) is 4.68 Å². The van der Waals surface area contributed by atoms with Crippen LogP contribution < -0.4 is 0 Å². The molecular formula is C17H13F3N2S. The Morgan fingerprint density at radius 1 is 0.957 bits per heavy atom. The molecule has 3 aromatic rings. The van der Waals surface area contributed by atoms with Crippen LogP contribution in [-0.2, 0) is 6.18 Å². The minimum atomic E-state index is -4.51. The number of para-hydroxylation sites is 1. The molecule has 0 saturated heterocycles. The predicted molar refractivity (Wildman–Crippen MR) is 85.8 cm³/mol. The molecule has 0 unspecified atom stereocenters. The SMILES string of the molecule is CSc1ccc(-c2cn(-c3ccccc3)nc2C(F)(F)F)cc1. The highest BCUT2D eigenvalue weighted by Gasteiger charge is 2.37. The van der Waals surface area contributed by atoms with E-state index >= 15 is 0 Å². The molecule has 0 aliphatic heterocycles. The van der Waals surface area contributed by atoms with Crippen LogP contribution in [-0.4, -0.2) is 16.0 Å². The summed E-state index contributed by atoms with van der Waals surface area (Å²) in [5.41, 5.74) is 0.287. The maximum absolute atomic E-state index is 13.3. The lowest BCUT2D eigenvalue weighted by Gasteiger charge is -2.06. The summed E-state index contributed by atoms with van der Waals surface area (Å²) in [6.07, 6.45) is -1.16. The van der Waals surface area contributed by atoms with Gasteiger partial charge in [-0.1, -0.05) is 30.3 Å². The van der Waals surface area contributed by atoms with E-state index in [4.69, 9.17) is 0 Å². The fourth-order valence-corrected chi connectivity index (χ4v) is 2.69. The second kappa shape index (κ2) is 6.12. The van der Waals surface area contributed by atoms with Crippen LogP contribution in [0.25, 0.3) is 16.8 Å². The van der Waals surface area contributed by atoms with E-state index in [2.05, 4.69) is 5.10 Å². The van der Waals surface area contributed by atoms with Gasteiger partial charge >= 0.3 is 6.18 Å². The molecule has 1 aromatic heterocycles. The lowest BCUT2D eigenvalue weighted by Crippen LogP contribution is -2.08. The van der Waals surface area contributed by atoms with Crippen LogP contribution in [0.2, 0.25) is 0 Å². The number of aromatic nitrogens is 2. The van der Waals surface area contributed by atoms with Gasteiger partial charge in [0.15, 0.2) is 5.69 Å². The van der Waals surface area contributed by atoms with Crippen LogP contribution in [0.15, 0.2) is 65.7 Å². The van der Waals surface area contributed by atoms with E-state index in [0.717, 1.165) is 4.90 Å². The highest BCUT2D eigenvalue weighted by Crippen LogP contribution is 2.37. The molecule has 23 heavy (non-hydrogen) atoms. The van der Waals surface area contributed by atoms with Crippen molar-refractivity contribution in [3.8, 4) is 16.8 Å². The average Bonchev–Trinajstić information content (AvgIpc) is 3.01. The summed E-state index contributed by atoms with van der Waals surface area (Å²) >= 11 is 1.54. The van der Waals surface area contributed by atoms with Crippen LogP contribution in [0.5, 0.6) is 0 Å². The number of alkyl halides is 3. The summed E-state index contributed by atoms with van der Waals surface area (Å²) in [6, 6.07) is 15.7. The Morgan fingerprint density at radius 2 is 1.61 bits per heavy atom. The van der Waals surface area contributed by atoms with Gasteiger partial charge in [0.1, 0.15) is 0 Å². The molecule has 0 aliphatic rings. The molecule has 3 rings (SSSR count). The molecule has 0 atom stereocenters. The predicted octanol–water partition coefficient (Wildman–Crippen LogP) is 5.28. The number of halogens is 3. The second-order valence-corrected chi connectivity index (χ2v) is 5.78. The summed E-state index contributed by atoms with van der Waals surface area (Å²) in [6.45, 7) is 0. The third-order valence-corrected chi connectivity index (χ3v) is 4.15. The van der Waals surface area contributed by atoms with E-state index in [1.54, 1.807) is 66.4 Å². The highest BCUT2D eigenvalue weighted by atomic mass is 32.2. The Kier molecular flexibility index (Phi) is 4.17. The van der Waals surface area contributed by atoms with Crippen LogP contribution in [0.3, 0.4) is 0 Å². The van der Waals surface area contributed by atoms with E-state index in [9.17, 15) is 13.2 Å². The average molecular weight is 334 g/mol. The maximum Gasteiger partial charge on any atom is 0.435 e. The quantitative estimate of drug-likeness (QED) is 0.607. The zero-order valence-electron chi connectivity index (χ0n) is 12.2. The number of benzene rings is 2. The number of hydrogen-bond donors (Lipinski definition) is 0. The number of thioether (sulfide) groups is 1. The zero-order chi connectivity index (χ0) is 16.4. The van der Waals surface area contributed by atoms with Crippen molar-refractivity contribution in [3.05, 3.63) is 66.5 Å². The van der Waals surface area contributed by atoms with Gasteiger partial charge in [-0.15, -0.1) is 11.8 Å². The summed E-state index contributed by atoms with van der Waals surface area (Å²) in [5, 5.41) is 3.76. The number of nitrogens with zero attached hydrogens (tertiary/aromatic N) is 2. The standard InChI is InChI=1S/C17H13F3N2S/c1-23-14-9-7-12(8-10-14)15-11-22(13-5-3-2-4-6-13)21-16(15)17(18,19)20/h2-11H,1H3. The molecule has 2 aromatic carbocycles. The maximum atomic E-state index is 13.3. The lowest BCUT2D eigenvalue weighted by molar-refractivity contribution is -0.140. The van der Waals surface area contributed by atoms with Crippen molar-refractivity contribution in [2.24, 2.45) is 0 Å². The minimum Gasteiger partial charge on any atom is -0.240 e. The van der Waals surface area contributed by atoms with Crippen LogP contribution in [0, 0.1) is 0 Å². The Hall–Kier alpha value is -2.21. The fraction of sp³-hybridized carbons (Fsp3) is 0.118. The number of hydrogen-bond acceptors (Lipinski definition) is 2. The molecule has 118 valence electrons. The molecule has 0 fully saturated rings. The first kappa shape index (κ1) is 15.7. The highest BCUT2D eigenvalue weighted by molar-refractivity contribution is 7.98. The van der Waals surface area contributed by atoms with Gasteiger partial charge in [0, 0.05) is 16.7 Å². The Bertz CT molecular complexity index is 793. The van der Waals surface area contributed by atoms with Crippen molar-refractivity contribution in [2.45, 2.75) is 11.1 Å². The molecule has 0 bridgehead atoms. The Balaban J connectivity index is 2.12. The molecule has 1 heterocycles. The summed E-state index contributed by atoms with van der Waals surface area (Å²) < 4.78 is 41.3. The molecule has 0 saturated carbocycles. The Labute approximate surface area is 136 Å². The van der Waals surface area contributed by atoms with Gasteiger partial charge in [-0.05, 0) is 36.1 Å². The van der Waals surface area contributed by atoms with Crippen molar-refractivity contribution in [2.75, 3.05) is 6.26 Å². The van der Waals surface area contributed by atoms with Crippen molar-refractivity contribution >= 4 is 11.8 Å². The molecule has 0 amide bonds. The van der Waals surface area contributed by atoms with E-state index in [1.165, 1.54) is 10.9 Å². The molecule has 6 heteroatoms. The van der Waals surface area contributed by atoms with Gasteiger partial charge < -0.3 is 0 Å². The number of rotatable bonds is 3. The lowest BCUT2D eigenvalue weighted by atomic mass is 10.1. The van der Waals surface area contributed by atoms with Crippen molar-refractivity contribution in [1.82, 2.24) is 9.78 Å². The molecule has 0 radical (unpaired) electrons. The monoisotopic (exact) mass is 334 g/mol. The third-order valence-electron chi connectivity index (χ3n) is 3.40. The minimum absolute atomic E-state index is 0.0778. The van der Waals surface area contributed by atoms with Gasteiger partial charge in [0.05, 0.1) is 5.69 Å². The largest absolute Gasteiger partial charge is 0.435 e. The van der Waals surface area contributed by atoms with Crippen molar-refractivity contribution < 1.29 is 13.2 Å². The Morgan fingerprint density at radius 3 is 2.17 bits per heavy atom. The van der Waals surface area contributed by atoms with E-state index in [-0.39, 0.29) is 5.56 Å². The van der Waals surface area contributed by atoms with Gasteiger partial charge in [-0.2, -0.15) is 18.3 Å². The van der Waals surface area contributed by atoms with Crippen molar-refractivity contribution in [3.63, 3.8) is 0 Å². The molecule has 0 spiro atoms.